The van der Waals surface area contributed by atoms with Gasteiger partial charge in [-0.1, -0.05) is 52.0 Å². The van der Waals surface area contributed by atoms with E-state index in [-0.39, 0.29) is 6.42 Å². The van der Waals surface area contributed by atoms with Crippen LogP contribution in [0.5, 0.6) is 0 Å². The van der Waals surface area contributed by atoms with E-state index in [1.54, 1.807) is 0 Å². The highest BCUT2D eigenvalue weighted by molar-refractivity contribution is 6.11. The molecule has 0 bridgehead atoms. The third kappa shape index (κ3) is 4.07. The predicted molar refractivity (Wildman–Crippen MR) is 126 cm³/mol. The summed E-state index contributed by atoms with van der Waals surface area (Å²) >= 11 is 0. The number of alkyl halides is 3. The van der Waals surface area contributed by atoms with Crippen LogP contribution in [0.2, 0.25) is 0 Å². The minimum atomic E-state index is -4.15. The van der Waals surface area contributed by atoms with Gasteiger partial charge in [-0.2, -0.15) is 13.2 Å². The Balaban J connectivity index is 1.91. The predicted octanol–water partition coefficient (Wildman–Crippen LogP) is 7.62. The summed E-state index contributed by atoms with van der Waals surface area (Å²) in [6, 6.07) is 10.5. The molecular weight excluding hydrogens is 407 g/mol. The zero-order valence-corrected chi connectivity index (χ0v) is 19.7. The summed E-state index contributed by atoms with van der Waals surface area (Å²) in [6.07, 6.45) is -0.753. The Kier molecular flexibility index (Phi) is 5.68. The molecule has 1 heterocycles. The number of aromatic nitrogens is 1. The molecule has 1 nitrogen and oxygen atoms in total. The second kappa shape index (κ2) is 8.06. The number of aryl methyl sites for hydroxylation is 2. The normalized spacial score (nSPS) is 13.5. The van der Waals surface area contributed by atoms with E-state index in [4.69, 9.17) is 0 Å². The number of nitrogens with zero attached hydrogens (tertiary/aromatic N) is 1. The number of hydrogen-bond acceptors (Lipinski definition) is 0. The van der Waals surface area contributed by atoms with Crippen LogP contribution in [0.3, 0.4) is 0 Å². The van der Waals surface area contributed by atoms with E-state index in [2.05, 4.69) is 57.4 Å². The summed E-state index contributed by atoms with van der Waals surface area (Å²) in [4.78, 5) is 0. The monoisotopic (exact) mass is 438 g/mol. The molecule has 0 N–H and O–H groups in total. The minimum absolute atomic E-state index is 0.00528. The van der Waals surface area contributed by atoms with Gasteiger partial charge in [0.2, 0.25) is 5.69 Å². The Hall–Kier alpha value is -2.62. The van der Waals surface area contributed by atoms with Crippen molar-refractivity contribution in [3.8, 4) is 0 Å². The fourth-order valence-corrected chi connectivity index (χ4v) is 4.87. The molecule has 0 fully saturated rings. The van der Waals surface area contributed by atoms with Crippen molar-refractivity contribution in [2.75, 3.05) is 0 Å². The molecule has 0 aliphatic heterocycles. The molecule has 3 aromatic rings. The third-order valence-electron chi connectivity index (χ3n) is 6.63. The standard InChI is InChI=1S/C28H31F3N/c1-16(2)21-13-23(17(3)4)18(5)24(14-21)25-15-22-12-19(7-9-28(29,30)31)11-20-8-10-32(6)27(25)26(20)22/h8,10-17H,7,9H2,1-6H3/q+1. The molecule has 1 aromatic heterocycles. The molecule has 4 rings (SSSR count). The van der Waals surface area contributed by atoms with Crippen LogP contribution in [-0.4, -0.2) is 6.18 Å². The molecule has 0 spiro atoms. The molecule has 1 aliphatic rings. The molecule has 0 saturated carbocycles. The van der Waals surface area contributed by atoms with Crippen LogP contribution in [0.25, 0.3) is 22.4 Å². The SMILES string of the molecule is Cc1c(C2=Cc3cc(CCC(F)(F)F)cc4cc[n+](C)c2c34)cc(C(C)C)cc1C(C)C. The molecule has 0 unspecified atom stereocenters. The van der Waals surface area contributed by atoms with Gasteiger partial charge in [-0.15, -0.1) is 0 Å². The largest absolute Gasteiger partial charge is 0.389 e. The van der Waals surface area contributed by atoms with Gasteiger partial charge in [0.1, 0.15) is 7.05 Å². The van der Waals surface area contributed by atoms with E-state index in [1.807, 2.05) is 31.4 Å². The number of halogens is 3. The van der Waals surface area contributed by atoms with Gasteiger partial charge < -0.3 is 0 Å². The number of hydrogen-bond donors (Lipinski definition) is 0. The lowest BCUT2D eigenvalue weighted by atomic mass is 9.85. The quantitative estimate of drug-likeness (QED) is 0.282. The van der Waals surface area contributed by atoms with Crippen LogP contribution in [0, 0.1) is 6.92 Å². The van der Waals surface area contributed by atoms with E-state index in [9.17, 15) is 13.2 Å². The van der Waals surface area contributed by atoms with Gasteiger partial charge >= 0.3 is 6.18 Å². The van der Waals surface area contributed by atoms with Crippen LogP contribution >= 0.6 is 0 Å². The van der Waals surface area contributed by atoms with Crippen molar-refractivity contribution >= 4 is 22.4 Å². The lowest BCUT2D eigenvalue weighted by Gasteiger charge is -2.19. The number of benzene rings is 2. The summed E-state index contributed by atoms with van der Waals surface area (Å²) in [7, 11) is 2.04. The van der Waals surface area contributed by atoms with Crippen molar-refractivity contribution in [1.29, 1.82) is 0 Å². The van der Waals surface area contributed by atoms with Crippen molar-refractivity contribution in [3.05, 3.63) is 75.6 Å². The molecule has 168 valence electrons. The van der Waals surface area contributed by atoms with E-state index in [1.165, 1.54) is 22.3 Å². The van der Waals surface area contributed by atoms with Crippen LogP contribution in [0.1, 0.15) is 85.0 Å². The van der Waals surface area contributed by atoms with Gasteiger partial charge in [0.05, 0.1) is 11.0 Å². The Morgan fingerprint density at radius 1 is 0.969 bits per heavy atom. The molecule has 1 aliphatic carbocycles. The van der Waals surface area contributed by atoms with E-state index < -0.39 is 12.6 Å². The summed E-state index contributed by atoms with van der Waals surface area (Å²) in [5.74, 6) is 0.824. The lowest BCUT2D eigenvalue weighted by molar-refractivity contribution is -0.672. The van der Waals surface area contributed by atoms with Crippen molar-refractivity contribution in [2.24, 2.45) is 7.05 Å². The zero-order valence-electron chi connectivity index (χ0n) is 19.7. The van der Waals surface area contributed by atoms with Crippen LogP contribution in [-0.2, 0) is 13.5 Å². The van der Waals surface area contributed by atoms with Gasteiger partial charge in [0.15, 0.2) is 6.20 Å². The molecule has 32 heavy (non-hydrogen) atoms. The van der Waals surface area contributed by atoms with Crippen LogP contribution in [0.4, 0.5) is 13.2 Å². The Morgan fingerprint density at radius 3 is 2.31 bits per heavy atom. The van der Waals surface area contributed by atoms with Crippen LogP contribution < -0.4 is 4.57 Å². The molecule has 0 saturated heterocycles. The average molecular weight is 439 g/mol. The fourth-order valence-electron chi connectivity index (χ4n) is 4.87. The number of rotatable bonds is 5. The summed E-state index contributed by atoms with van der Waals surface area (Å²) in [5, 5.41) is 2.13. The first-order valence-electron chi connectivity index (χ1n) is 11.3. The first-order valence-corrected chi connectivity index (χ1v) is 11.3. The Morgan fingerprint density at radius 2 is 1.69 bits per heavy atom. The molecule has 2 aromatic carbocycles. The maximum absolute atomic E-state index is 12.8. The Bertz CT molecular complexity index is 1230. The maximum Gasteiger partial charge on any atom is 0.389 e. The smallest absolute Gasteiger partial charge is 0.200 e. The van der Waals surface area contributed by atoms with Gasteiger partial charge in [0.25, 0.3) is 0 Å². The molecule has 0 amide bonds. The lowest BCUT2D eigenvalue weighted by Crippen LogP contribution is -2.32. The summed E-state index contributed by atoms with van der Waals surface area (Å²) in [5.41, 5.74) is 9.20. The highest BCUT2D eigenvalue weighted by atomic mass is 19.4. The molecule has 0 radical (unpaired) electrons. The van der Waals surface area contributed by atoms with Crippen molar-refractivity contribution in [2.45, 2.75) is 65.5 Å². The number of pyridine rings is 1. The van der Waals surface area contributed by atoms with Crippen molar-refractivity contribution in [1.82, 2.24) is 0 Å². The van der Waals surface area contributed by atoms with Gasteiger partial charge in [0, 0.05) is 12.5 Å². The van der Waals surface area contributed by atoms with Crippen molar-refractivity contribution in [3.63, 3.8) is 0 Å². The second-order valence-electron chi connectivity index (χ2n) is 9.69. The van der Waals surface area contributed by atoms with Gasteiger partial charge in [-0.25, -0.2) is 4.57 Å². The molecule has 4 heteroatoms. The summed E-state index contributed by atoms with van der Waals surface area (Å²) in [6.45, 7) is 11.1. The van der Waals surface area contributed by atoms with Gasteiger partial charge in [-0.05, 0) is 70.0 Å². The molecule has 0 atom stereocenters. The van der Waals surface area contributed by atoms with Gasteiger partial charge in [-0.3, -0.25) is 0 Å². The highest BCUT2D eigenvalue weighted by Crippen LogP contribution is 2.42. The first kappa shape index (κ1) is 22.6. The third-order valence-corrected chi connectivity index (χ3v) is 6.63. The first-order chi connectivity index (χ1) is 15.0. The fraction of sp³-hybridized carbons (Fsp3) is 0.393. The van der Waals surface area contributed by atoms with Crippen molar-refractivity contribution < 1.29 is 17.7 Å². The van der Waals surface area contributed by atoms with Crippen LogP contribution in [0.15, 0.2) is 36.5 Å². The van der Waals surface area contributed by atoms with E-state index in [0.717, 1.165) is 33.2 Å². The average Bonchev–Trinajstić information content (AvgIpc) is 3.09. The second-order valence-corrected chi connectivity index (χ2v) is 9.69. The highest BCUT2D eigenvalue weighted by Gasteiger charge is 2.30. The minimum Gasteiger partial charge on any atom is -0.200 e. The van der Waals surface area contributed by atoms with E-state index in [0.29, 0.717) is 11.8 Å². The Labute approximate surface area is 188 Å². The summed E-state index contributed by atoms with van der Waals surface area (Å²) < 4.78 is 40.6. The zero-order chi connectivity index (χ0) is 23.4. The molecular formula is C28H31F3N+. The maximum atomic E-state index is 12.8. The van der Waals surface area contributed by atoms with E-state index >= 15 is 0 Å². The topological polar surface area (TPSA) is 3.88 Å².